The highest BCUT2D eigenvalue weighted by Crippen LogP contribution is 2.20. The van der Waals surface area contributed by atoms with Gasteiger partial charge in [-0.1, -0.05) is 26.2 Å². The van der Waals surface area contributed by atoms with Crippen molar-refractivity contribution in [1.82, 2.24) is 4.90 Å². The maximum absolute atomic E-state index is 5.81. The van der Waals surface area contributed by atoms with Gasteiger partial charge in [0.05, 0.1) is 0 Å². The Morgan fingerprint density at radius 3 is 2.50 bits per heavy atom. The largest absolute Gasteiger partial charge is 0.330 e. The van der Waals surface area contributed by atoms with Crippen molar-refractivity contribution in [2.24, 2.45) is 11.7 Å². The summed E-state index contributed by atoms with van der Waals surface area (Å²) in [5.74, 6) is 0.761. The second-order valence-electron chi connectivity index (χ2n) is 4.72. The van der Waals surface area contributed by atoms with Crippen LogP contribution >= 0.6 is 0 Å². The molecule has 2 N–H and O–H groups in total. The first-order valence-corrected chi connectivity index (χ1v) is 6.22. The molecule has 1 rings (SSSR count). The van der Waals surface area contributed by atoms with Gasteiger partial charge >= 0.3 is 0 Å². The minimum absolute atomic E-state index is 0.761. The minimum Gasteiger partial charge on any atom is -0.330 e. The number of rotatable bonds is 8. The van der Waals surface area contributed by atoms with Crippen LogP contribution in [0, 0.1) is 5.92 Å². The molecule has 1 heterocycles. The van der Waals surface area contributed by atoms with Crippen LogP contribution in [-0.2, 0) is 0 Å². The van der Waals surface area contributed by atoms with Crippen LogP contribution in [0.25, 0.3) is 0 Å². The van der Waals surface area contributed by atoms with E-state index in [0.29, 0.717) is 0 Å². The molecule has 0 aromatic heterocycles. The fourth-order valence-corrected chi connectivity index (χ4v) is 2.14. The predicted molar refractivity (Wildman–Crippen MR) is 62.3 cm³/mol. The summed E-state index contributed by atoms with van der Waals surface area (Å²) in [6.07, 6.45) is 6.70. The lowest BCUT2D eigenvalue weighted by Gasteiger charge is -2.20. The Balaban J connectivity index is 2.09. The van der Waals surface area contributed by atoms with Crippen molar-refractivity contribution in [3.05, 3.63) is 0 Å². The Bertz CT molecular complexity index is 143. The molecule has 2 heteroatoms. The van der Waals surface area contributed by atoms with Crippen LogP contribution in [0.15, 0.2) is 0 Å². The van der Waals surface area contributed by atoms with Crippen molar-refractivity contribution in [3.8, 4) is 0 Å². The summed E-state index contributed by atoms with van der Waals surface area (Å²) in [7, 11) is 0. The summed E-state index contributed by atoms with van der Waals surface area (Å²) in [5.41, 5.74) is 5.81. The average molecular weight is 198 g/mol. The predicted octanol–water partition coefficient (Wildman–Crippen LogP) is 2.24. The number of hydrogen-bond acceptors (Lipinski definition) is 2. The van der Waals surface area contributed by atoms with Crippen LogP contribution in [0.3, 0.4) is 0 Å². The van der Waals surface area contributed by atoms with E-state index in [1.165, 1.54) is 45.2 Å². The first kappa shape index (κ1) is 12.0. The highest BCUT2D eigenvalue weighted by atomic mass is 15.3. The van der Waals surface area contributed by atoms with E-state index < -0.39 is 0 Å². The fraction of sp³-hybridized carbons (Fsp3) is 1.00. The number of hydrogen-bond donors (Lipinski definition) is 1. The van der Waals surface area contributed by atoms with Gasteiger partial charge in [-0.2, -0.15) is 0 Å². The van der Waals surface area contributed by atoms with Crippen molar-refractivity contribution in [3.63, 3.8) is 0 Å². The van der Waals surface area contributed by atoms with E-state index in [2.05, 4.69) is 18.7 Å². The maximum Gasteiger partial charge on any atom is 0.0113 e. The molecule has 0 aromatic carbocycles. The van der Waals surface area contributed by atoms with Gasteiger partial charge in [0.1, 0.15) is 0 Å². The Morgan fingerprint density at radius 2 is 2.00 bits per heavy atom. The summed E-state index contributed by atoms with van der Waals surface area (Å²) in [5, 5.41) is 0. The lowest BCUT2D eigenvalue weighted by molar-refractivity contribution is 0.320. The van der Waals surface area contributed by atoms with Gasteiger partial charge in [-0.15, -0.1) is 0 Å². The van der Waals surface area contributed by atoms with Crippen molar-refractivity contribution in [2.75, 3.05) is 19.6 Å². The van der Waals surface area contributed by atoms with Crippen molar-refractivity contribution >= 4 is 0 Å². The summed E-state index contributed by atoms with van der Waals surface area (Å²) in [6.45, 7) is 8.11. The van der Waals surface area contributed by atoms with E-state index in [1.807, 2.05) is 0 Å². The molecule has 0 aromatic rings. The van der Waals surface area contributed by atoms with Crippen LogP contribution in [0.4, 0.5) is 0 Å². The molecule has 0 bridgehead atoms. The van der Waals surface area contributed by atoms with E-state index in [1.54, 1.807) is 0 Å². The van der Waals surface area contributed by atoms with Gasteiger partial charge < -0.3 is 5.73 Å². The zero-order valence-corrected chi connectivity index (χ0v) is 9.84. The lowest BCUT2D eigenvalue weighted by Crippen LogP contribution is -2.23. The molecule has 2 nitrogen and oxygen atoms in total. The van der Waals surface area contributed by atoms with E-state index in [9.17, 15) is 0 Å². The minimum atomic E-state index is 0.761. The molecule has 0 spiro atoms. The second kappa shape index (κ2) is 6.41. The van der Waals surface area contributed by atoms with Crippen LogP contribution in [-0.4, -0.2) is 30.6 Å². The van der Waals surface area contributed by atoms with Gasteiger partial charge in [-0.05, 0) is 32.2 Å². The van der Waals surface area contributed by atoms with E-state index in [0.717, 1.165) is 18.5 Å². The second-order valence-corrected chi connectivity index (χ2v) is 4.72. The third-order valence-corrected chi connectivity index (χ3v) is 3.33. The Labute approximate surface area is 88.8 Å². The van der Waals surface area contributed by atoms with E-state index >= 15 is 0 Å². The third kappa shape index (κ3) is 4.43. The van der Waals surface area contributed by atoms with Gasteiger partial charge in [-0.3, -0.25) is 4.90 Å². The molecule has 2 atom stereocenters. The highest BCUT2D eigenvalue weighted by molar-refractivity contribution is 4.81. The smallest absolute Gasteiger partial charge is 0.0113 e. The topological polar surface area (TPSA) is 29.0 Å². The molecule has 1 aliphatic rings. The Hall–Kier alpha value is -0.0800. The van der Waals surface area contributed by atoms with E-state index in [-0.39, 0.29) is 0 Å². The van der Waals surface area contributed by atoms with Gasteiger partial charge in [0.15, 0.2) is 0 Å². The van der Waals surface area contributed by atoms with Crippen LogP contribution < -0.4 is 5.73 Å². The molecular weight excluding hydrogens is 172 g/mol. The van der Waals surface area contributed by atoms with Crippen molar-refractivity contribution < 1.29 is 0 Å². The molecule has 2 unspecified atom stereocenters. The normalized spacial score (nSPS) is 20.8. The molecular formula is C12H26N2. The summed E-state index contributed by atoms with van der Waals surface area (Å²) < 4.78 is 0. The van der Waals surface area contributed by atoms with Gasteiger partial charge in [0.25, 0.3) is 0 Å². The first-order valence-electron chi connectivity index (χ1n) is 6.22. The highest BCUT2D eigenvalue weighted by Gasteiger charge is 2.25. The molecule has 84 valence electrons. The van der Waals surface area contributed by atoms with E-state index in [4.69, 9.17) is 5.73 Å². The molecule has 0 amide bonds. The van der Waals surface area contributed by atoms with Gasteiger partial charge in [0, 0.05) is 19.1 Å². The quantitative estimate of drug-likeness (QED) is 0.479. The molecule has 14 heavy (non-hydrogen) atoms. The molecule has 0 saturated carbocycles. The summed E-state index contributed by atoms with van der Waals surface area (Å²) in [6, 6.07) is 0.769. The summed E-state index contributed by atoms with van der Waals surface area (Å²) in [4.78, 5) is 2.53. The maximum atomic E-state index is 5.81. The van der Waals surface area contributed by atoms with Crippen molar-refractivity contribution in [1.29, 1.82) is 0 Å². The van der Waals surface area contributed by atoms with Crippen LogP contribution in [0.2, 0.25) is 0 Å². The average Bonchev–Trinajstić information content (AvgIpc) is 2.99. The van der Waals surface area contributed by atoms with Crippen molar-refractivity contribution in [2.45, 2.75) is 52.0 Å². The molecule has 0 aliphatic carbocycles. The monoisotopic (exact) mass is 198 g/mol. The molecule has 1 saturated heterocycles. The Kier molecular flexibility index (Phi) is 5.49. The van der Waals surface area contributed by atoms with Crippen LogP contribution in [0.5, 0.6) is 0 Å². The molecule has 1 aliphatic heterocycles. The van der Waals surface area contributed by atoms with Gasteiger partial charge in [-0.25, -0.2) is 0 Å². The lowest BCUT2D eigenvalue weighted by atomic mass is 9.94. The zero-order chi connectivity index (χ0) is 10.4. The zero-order valence-electron chi connectivity index (χ0n) is 9.84. The summed E-state index contributed by atoms with van der Waals surface area (Å²) >= 11 is 0. The standard InChI is InChI=1S/C12H26N2/c1-3-4-5-6-12(10-13)9-11(2)14-7-8-14/h11-12H,3-10,13H2,1-2H3. The fourth-order valence-electron chi connectivity index (χ4n) is 2.14. The third-order valence-electron chi connectivity index (χ3n) is 3.33. The first-order chi connectivity index (χ1) is 6.77. The SMILES string of the molecule is CCCCCC(CN)CC(C)N1CC1. The number of nitrogens with zero attached hydrogens (tertiary/aromatic N) is 1. The molecule has 0 radical (unpaired) electrons. The Morgan fingerprint density at radius 1 is 1.29 bits per heavy atom. The number of nitrogens with two attached hydrogens (primary N) is 1. The van der Waals surface area contributed by atoms with Crippen LogP contribution in [0.1, 0.15) is 46.0 Å². The molecule has 1 fully saturated rings. The van der Waals surface area contributed by atoms with Gasteiger partial charge in [0.2, 0.25) is 0 Å². The number of unbranched alkanes of at least 4 members (excludes halogenated alkanes) is 2.